The number of aromatic hydroxyl groups is 1. The van der Waals surface area contributed by atoms with Crippen molar-refractivity contribution in [2.24, 2.45) is 0 Å². The second-order valence-electron chi connectivity index (χ2n) is 5.37. The molecule has 0 aliphatic heterocycles. The normalized spacial score (nSPS) is 10.7. The van der Waals surface area contributed by atoms with E-state index in [4.69, 9.17) is 0 Å². The Bertz CT molecular complexity index is 467. The highest BCUT2D eigenvalue weighted by atomic mass is 16.3. The summed E-state index contributed by atoms with van der Waals surface area (Å²) < 4.78 is 0. The van der Waals surface area contributed by atoms with Crippen LogP contribution < -0.4 is 0 Å². The van der Waals surface area contributed by atoms with Gasteiger partial charge in [0.1, 0.15) is 5.75 Å². The van der Waals surface area contributed by atoms with Crippen LogP contribution in [-0.4, -0.2) is 5.11 Å². The standard InChI is InChI=1S/C17H24O/c1-7-8-14-13(6)10-15(12(4)5)16(17(14)18)9-11(2)3/h7,10,12,18H,1-2,8-9H2,3-6H3. The number of phenolic OH excluding ortho intramolecular Hbond substituents is 1. The maximum Gasteiger partial charge on any atom is 0.123 e. The van der Waals surface area contributed by atoms with E-state index in [1.807, 2.05) is 13.0 Å². The van der Waals surface area contributed by atoms with Gasteiger partial charge in [-0.3, -0.25) is 0 Å². The molecule has 0 bridgehead atoms. The fourth-order valence-corrected chi connectivity index (χ4v) is 2.32. The lowest BCUT2D eigenvalue weighted by atomic mass is 9.87. The largest absolute Gasteiger partial charge is 0.507 e. The molecule has 1 aromatic carbocycles. The first-order valence-electron chi connectivity index (χ1n) is 6.48. The molecule has 0 saturated carbocycles. The zero-order valence-electron chi connectivity index (χ0n) is 12.0. The smallest absolute Gasteiger partial charge is 0.123 e. The Labute approximate surface area is 111 Å². The van der Waals surface area contributed by atoms with Gasteiger partial charge in [-0.05, 0) is 43.7 Å². The van der Waals surface area contributed by atoms with Crippen molar-refractivity contribution in [3.8, 4) is 5.75 Å². The fraction of sp³-hybridized carbons (Fsp3) is 0.412. The molecule has 18 heavy (non-hydrogen) atoms. The molecule has 0 amide bonds. The molecule has 0 atom stereocenters. The molecule has 0 fully saturated rings. The third kappa shape index (κ3) is 3.04. The number of aryl methyl sites for hydroxylation is 1. The molecule has 0 radical (unpaired) electrons. The minimum absolute atomic E-state index is 0.404. The topological polar surface area (TPSA) is 20.2 Å². The third-order valence-electron chi connectivity index (χ3n) is 3.22. The lowest BCUT2D eigenvalue weighted by Crippen LogP contribution is -2.02. The second-order valence-corrected chi connectivity index (χ2v) is 5.37. The van der Waals surface area contributed by atoms with Crippen molar-refractivity contribution in [1.29, 1.82) is 0 Å². The van der Waals surface area contributed by atoms with Crippen molar-refractivity contribution in [3.05, 3.63) is 53.1 Å². The summed E-state index contributed by atoms with van der Waals surface area (Å²) in [6.07, 6.45) is 3.28. The van der Waals surface area contributed by atoms with Gasteiger partial charge in [0.15, 0.2) is 0 Å². The van der Waals surface area contributed by atoms with Crippen LogP contribution in [0.1, 0.15) is 48.9 Å². The summed E-state index contributed by atoms with van der Waals surface area (Å²) >= 11 is 0. The van der Waals surface area contributed by atoms with Gasteiger partial charge in [-0.2, -0.15) is 0 Å². The number of benzene rings is 1. The van der Waals surface area contributed by atoms with E-state index in [2.05, 4.69) is 40.0 Å². The second kappa shape index (κ2) is 5.90. The van der Waals surface area contributed by atoms with Gasteiger partial charge in [-0.15, -0.1) is 6.58 Å². The molecule has 0 unspecified atom stereocenters. The maximum absolute atomic E-state index is 10.5. The Kier molecular flexibility index (Phi) is 4.77. The Morgan fingerprint density at radius 1 is 1.39 bits per heavy atom. The van der Waals surface area contributed by atoms with Crippen LogP contribution in [0.4, 0.5) is 0 Å². The lowest BCUT2D eigenvalue weighted by molar-refractivity contribution is 0.461. The van der Waals surface area contributed by atoms with E-state index in [1.54, 1.807) is 0 Å². The van der Waals surface area contributed by atoms with Gasteiger partial charge < -0.3 is 5.11 Å². The molecule has 0 aromatic heterocycles. The molecule has 1 aromatic rings. The summed E-state index contributed by atoms with van der Waals surface area (Å²) in [6.45, 7) is 16.1. The van der Waals surface area contributed by atoms with Crippen LogP contribution in [-0.2, 0) is 12.8 Å². The summed E-state index contributed by atoms with van der Waals surface area (Å²) in [7, 11) is 0. The maximum atomic E-state index is 10.5. The fourth-order valence-electron chi connectivity index (χ4n) is 2.32. The van der Waals surface area contributed by atoms with Crippen molar-refractivity contribution in [2.75, 3.05) is 0 Å². The minimum atomic E-state index is 0.404. The van der Waals surface area contributed by atoms with E-state index in [0.29, 0.717) is 18.1 Å². The van der Waals surface area contributed by atoms with Crippen LogP contribution in [0.25, 0.3) is 0 Å². The van der Waals surface area contributed by atoms with E-state index in [0.717, 1.165) is 28.7 Å². The highest BCUT2D eigenvalue weighted by Gasteiger charge is 2.16. The summed E-state index contributed by atoms with van der Waals surface area (Å²) in [6, 6.07) is 2.20. The number of hydrogen-bond donors (Lipinski definition) is 1. The van der Waals surface area contributed by atoms with Gasteiger partial charge in [0.05, 0.1) is 0 Å². The number of phenols is 1. The molecular formula is C17H24O. The summed E-state index contributed by atoms with van der Waals surface area (Å²) in [5.41, 5.74) is 5.45. The van der Waals surface area contributed by atoms with Crippen molar-refractivity contribution in [3.63, 3.8) is 0 Å². The Morgan fingerprint density at radius 2 is 2.00 bits per heavy atom. The summed E-state index contributed by atoms with van der Waals surface area (Å²) in [5, 5.41) is 10.5. The first-order chi connectivity index (χ1) is 8.38. The van der Waals surface area contributed by atoms with Crippen LogP contribution in [0.5, 0.6) is 5.75 Å². The Balaban J connectivity index is 3.45. The molecule has 1 N–H and O–H groups in total. The Morgan fingerprint density at radius 3 is 2.44 bits per heavy atom. The molecule has 0 saturated heterocycles. The molecule has 1 heteroatoms. The van der Waals surface area contributed by atoms with E-state index >= 15 is 0 Å². The third-order valence-corrected chi connectivity index (χ3v) is 3.22. The van der Waals surface area contributed by atoms with Gasteiger partial charge in [0.2, 0.25) is 0 Å². The van der Waals surface area contributed by atoms with Crippen LogP contribution in [0.3, 0.4) is 0 Å². The Hall–Kier alpha value is -1.50. The monoisotopic (exact) mass is 244 g/mol. The van der Waals surface area contributed by atoms with Gasteiger partial charge in [0, 0.05) is 11.1 Å². The molecule has 1 rings (SSSR count). The molecule has 0 aliphatic rings. The summed E-state index contributed by atoms with van der Waals surface area (Å²) in [4.78, 5) is 0. The molecule has 1 nitrogen and oxygen atoms in total. The predicted molar refractivity (Wildman–Crippen MR) is 79.4 cm³/mol. The van der Waals surface area contributed by atoms with Gasteiger partial charge >= 0.3 is 0 Å². The van der Waals surface area contributed by atoms with Crippen molar-refractivity contribution in [2.45, 2.75) is 46.5 Å². The molecule has 0 aliphatic carbocycles. The van der Waals surface area contributed by atoms with Gasteiger partial charge in [-0.1, -0.05) is 38.1 Å². The van der Waals surface area contributed by atoms with Crippen LogP contribution >= 0.6 is 0 Å². The molecule has 98 valence electrons. The number of hydrogen-bond acceptors (Lipinski definition) is 1. The van der Waals surface area contributed by atoms with E-state index in [9.17, 15) is 5.11 Å². The summed E-state index contributed by atoms with van der Waals surface area (Å²) in [5.74, 6) is 0.836. The van der Waals surface area contributed by atoms with Crippen LogP contribution in [0.2, 0.25) is 0 Å². The van der Waals surface area contributed by atoms with Crippen LogP contribution in [0, 0.1) is 6.92 Å². The molecule has 0 spiro atoms. The van der Waals surface area contributed by atoms with Crippen LogP contribution in [0.15, 0.2) is 30.9 Å². The average Bonchev–Trinajstić information content (AvgIpc) is 2.27. The van der Waals surface area contributed by atoms with E-state index < -0.39 is 0 Å². The molecular weight excluding hydrogens is 220 g/mol. The van der Waals surface area contributed by atoms with Crippen molar-refractivity contribution in [1.82, 2.24) is 0 Å². The van der Waals surface area contributed by atoms with Gasteiger partial charge in [0.25, 0.3) is 0 Å². The van der Waals surface area contributed by atoms with Crippen molar-refractivity contribution >= 4 is 0 Å². The quantitative estimate of drug-likeness (QED) is 0.746. The highest BCUT2D eigenvalue weighted by Crippen LogP contribution is 2.35. The van der Waals surface area contributed by atoms with Gasteiger partial charge in [-0.25, -0.2) is 0 Å². The minimum Gasteiger partial charge on any atom is -0.507 e. The first-order valence-corrected chi connectivity index (χ1v) is 6.48. The van der Waals surface area contributed by atoms with Crippen molar-refractivity contribution < 1.29 is 5.11 Å². The number of rotatable bonds is 5. The highest BCUT2D eigenvalue weighted by molar-refractivity contribution is 5.52. The molecule has 0 heterocycles. The average molecular weight is 244 g/mol. The van der Waals surface area contributed by atoms with E-state index in [-0.39, 0.29) is 0 Å². The first kappa shape index (κ1) is 14.6. The number of allylic oxidation sites excluding steroid dienone is 2. The lowest BCUT2D eigenvalue weighted by Gasteiger charge is -2.19. The predicted octanol–water partition coefficient (Wildman–Crippen LogP) is 4.67. The zero-order valence-corrected chi connectivity index (χ0v) is 12.0. The SMILES string of the molecule is C=CCc1c(C)cc(C(C)C)c(CC(=C)C)c1O. The van der Waals surface area contributed by atoms with E-state index in [1.165, 1.54) is 5.56 Å². The zero-order chi connectivity index (χ0) is 13.9.